The molecular formula is C13H19INO-. The summed E-state index contributed by atoms with van der Waals surface area (Å²) in [7, 11) is 2.02. The molecule has 0 N–H and O–H groups in total. The van der Waals surface area contributed by atoms with Crippen LogP contribution in [0.15, 0.2) is 24.3 Å². The second kappa shape index (κ2) is 6.35. The van der Waals surface area contributed by atoms with Gasteiger partial charge >= 0.3 is 27.9 Å². The van der Waals surface area contributed by atoms with Crippen molar-refractivity contribution in [1.82, 2.24) is 4.90 Å². The minimum atomic E-state index is -0.160. The standard InChI is InChI=1S/C12H15NO.CH4I/c1-9(14)12-7-10-5-3-4-6-11(10)8-13(12)2;1-2/h3-6,12H,7-8H2,1-2H3;2H,1H3/q;-1/t12-;/m0./s1/i;2T. The van der Waals surface area contributed by atoms with Crippen LogP contribution in [-0.2, 0) is 17.8 Å². The molecule has 2 nitrogen and oxygen atoms in total. The average molecular weight is 334 g/mol. The van der Waals surface area contributed by atoms with Crippen molar-refractivity contribution in [3.63, 3.8) is 0 Å². The summed E-state index contributed by atoms with van der Waals surface area (Å²) in [6.45, 7) is 2.56. The molecule has 1 aromatic carbocycles. The van der Waals surface area contributed by atoms with E-state index in [0.717, 1.165) is 13.0 Å². The van der Waals surface area contributed by atoms with E-state index < -0.39 is 0 Å². The third-order valence-electron chi connectivity index (χ3n) is 2.95. The van der Waals surface area contributed by atoms with Crippen molar-refractivity contribution in [3.05, 3.63) is 35.4 Å². The van der Waals surface area contributed by atoms with E-state index in [-0.39, 0.29) is 34.2 Å². The Morgan fingerprint density at radius 3 is 2.62 bits per heavy atom. The number of rotatable bonds is 1. The van der Waals surface area contributed by atoms with Crippen molar-refractivity contribution >= 4 is 5.78 Å². The molecule has 0 radical (unpaired) electrons. The van der Waals surface area contributed by atoms with Crippen molar-refractivity contribution in [2.75, 3.05) is 12.0 Å². The van der Waals surface area contributed by atoms with Gasteiger partial charge in [0.1, 0.15) is 5.78 Å². The number of nitrogens with zero attached hydrogens (tertiary/aromatic N) is 1. The van der Waals surface area contributed by atoms with Gasteiger partial charge in [-0.25, -0.2) is 0 Å². The SMILES string of the molecule is CC(=O)[C@@H]1Cc2ccccc2CN1C.[3H][I-]C. The van der Waals surface area contributed by atoms with E-state index >= 15 is 0 Å². The summed E-state index contributed by atoms with van der Waals surface area (Å²) < 4.78 is 6.32. The molecule has 0 amide bonds. The van der Waals surface area contributed by atoms with E-state index in [4.69, 9.17) is 0.594 Å². The Morgan fingerprint density at radius 1 is 1.50 bits per heavy atom. The van der Waals surface area contributed by atoms with Crippen molar-refractivity contribution in [2.24, 2.45) is 0 Å². The predicted octanol–water partition coefficient (Wildman–Crippen LogP) is -1.47. The molecule has 0 saturated heterocycles. The molecule has 0 fully saturated rings. The van der Waals surface area contributed by atoms with Gasteiger partial charge in [0.15, 0.2) is 0 Å². The molecule has 1 aromatic rings. The first-order valence-electron chi connectivity index (χ1n) is 5.71. The number of ketones is 1. The second-order valence-electron chi connectivity index (χ2n) is 4.01. The number of alkyl halides is 1. The third-order valence-corrected chi connectivity index (χ3v) is 2.95. The first-order valence-corrected chi connectivity index (χ1v) is 7.49. The van der Waals surface area contributed by atoms with E-state index in [1.165, 1.54) is 11.1 Å². The monoisotopic (exact) mass is 334 g/mol. The quantitative estimate of drug-likeness (QED) is 0.462. The molecule has 0 aliphatic carbocycles. The molecule has 90 valence electrons. The number of hydrogen-bond donors (Lipinski definition) is 0. The summed E-state index contributed by atoms with van der Waals surface area (Å²) in [5.41, 5.74) is 2.68. The van der Waals surface area contributed by atoms with Gasteiger partial charge in [-0.3, -0.25) is 9.69 Å². The van der Waals surface area contributed by atoms with Crippen LogP contribution in [0.25, 0.3) is 0 Å². The molecular weight excluding hydrogens is 313 g/mol. The molecule has 0 bridgehead atoms. The van der Waals surface area contributed by atoms with Crippen molar-refractivity contribution < 1.29 is 27.2 Å². The number of likely N-dealkylation sites (N-methyl/N-ethyl adjacent to an activating group) is 1. The van der Waals surface area contributed by atoms with Crippen molar-refractivity contribution in [3.8, 4) is 0 Å². The van der Waals surface area contributed by atoms with Gasteiger partial charge in [0.2, 0.25) is 0 Å². The van der Waals surface area contributed by atoms with E-state index in [9.17, 15) is 4.79 Å². The topological polar surface area (TPSA) is 20.3 Å². The van der Waals surface area contributed by atoms with Gasteiger partial charge < -0.3 is 0 Å². The molecule has 0 aromatic heterocycles. The van der Waals surface area contributed by atoms with Crippen LogP contribution in [0, 0.1) is 0 Å². The number of hydrogen-bond acceptors (Lipinski definition) is 2. The Labute approximate surface area is 112 Å². The Bertz CT molecular complexity index is 383. The molecule has 2 rings (SSSR count). The molecule has 0 unspecified atom stereocenters. The molecule has 1 heterocycles. The van der Waals surface area contributed by atoms with Crippen LogP contribution in [0.5, 0.6) is 0 Å². The fourth-order valence-electron chi connectivity index (χ4n) is 2.11. The number of Topliss-reactive ketones (excluding diaryl/α,β-unsaturated/α-hetero) is 1. The van der Waals surface area contributed by atoms with Crippen LogP contribution in [0.3, 0.4) is 0 Å². The van der Waals surface area contributed by atoms with Gasteiger partial charge in [-0.2, -0.15) is 0 Å². The third kappa shape index (κ3) is 3.04. The van der Waals surface area contributed by atoms with E-state index in [1.54, 1.807) is 6.92 Å². The Morgan fingerprint density at radius 2 is 2.06 bits per heavy atom. The Balaban J connectivity index is 0.000000437. The van der Waals surface area contributed by atoms with Crippen molar-refractivity contribution in [2.45, 2.75) is 25.9 Å². The second-order valence-corrected chi connectivity index (χ2v) is 4.01. The van der Waals surface area contributed by atoms with E-state index in [0.29, 0.717) is 0 Å². The zero-order chi connectivity index (χ0) is 12.8. The van der Waals surface area contributed by atoms with Gasteiger partial charge in [-0.05, 0) is 31.5 Å². The molecule has 1 aliphatic heterocycles. The first-order chi connectivity index (χ1) is 8.10. The minimum absolute atomic E-state index is 0.0740. The molecule has 0 spiro atoms. The van der Waals surface area contributed by atoms with Gasteiger partial charge in [0.25, 0.3) is 0 Å². The van der Waals surface area contributed by atoms with Crippen LogP contribution in [0.4, 0.5) is 0 Å². The molecule has 1 atom stereocenters. The van der Waals surface area contributed by atoms with Crippen LogP contribution >= 0.6 is 0 Å². The zero-order valence-electron chi connectivity index (χ0n) is 11.0. The van der Waals surface area contributed by atoms with Gasteiger partial charge in [0, 0.05) is 6.54 Å². The fraction of sp³-hybridized carbons (Fsp3) is 0.462. The Kier molecular flexibility index (Phi) is 4.78. The summed E-state index contributed by atoms with van der Waals surface area (Å²) in [5, 5.41) is 0. The predicted molar refractivity (Wildman–Crippen MR) is 63.4 cm³/mol. The fourth-order valence-corrected chi connectivity index (χ4v) is 2.11. The van der Waals surface area contributed by atoms with Crippen LogP contribution in [-0.4, -0.2) is 29.3 Å². The molecule has 16 heavy (non-hydrogen) atoms. The summed E-state index contributed by atoms with van der Waals surface area (Å²) in [4.78, 5) is 15.4. The van der Waals surface area contributed by atoms with Gasteiger partial charge in [-0.1, -0.05) is 24.3 Å². The summed E-state index contributed by atoms with van der Waals surface area (Å²) in [6, 6.07) is 8.44. The molecule has 0 saturated carbocycles. The van der Waals surface area contributed by atoms with Crippen LogP contribution in [0.2, 0.25) is 0 Å². The molecule has 3 heteroatoms. The summed E-state index contributed by atoms with van der Waals surface area (Å²) in [6.07, 6.45) is 0.863. The van der Waals surface area contributed by atoms with Crippen LogP contribution < -0.4 is 22.4 Å². The molecule has 1 aliphatic rings. The van der Waals surface area contributed by atoms with E-state index in [2.05, 4.69) is 23.1 Å². The number of carbonyl (C=O) groups is 1. The summed E-state index contributed by atoms with van der Waals surface area (Å²) >= 11 is -0.160. The van der Waals surface area contributed by atoms with Crippen LogP contribution in [0.1, 0.15) is 18.1 Å². The summed E-state index contributed by atoms with van der Waals surface area (Å²) in [5.74, 6) is 0.266. The maximum atomic E-state index is 11.4. The number of carbonyl (C=O) groups excluding carboxylic acids is 1. The maximum absolute atomic E-state index is 11.4. The average Bonchev–Trinajstić information content (AvgIpc) is 2.28. The van der Waals surface area contributed by atoms with E-state index in [1.807, 2.05) is 18.0 Å². The normalized spacial score (nSPS) is 20.4. The first kappa shape index (κ1) is 12.0. The number of halogens is 1. The number of fused-ring (bicyclic) bond motifs is 1. The number of benzene rings is 1. The zero-order valence-corrected chi connectivity index (χ0v) is 12.2. The Hall–Kier alpha value is -0.420. The van der Waals surface area contributed by atoms with Gasteiger partial charge in [-0.15, -0.1) is 0 Å². The van der Waals surface area contributed by atoms with Crippen molar-refractivity contribution in [1.29, 1.82) is 0.594 Å². The van der Waals surface area contributed by atoms with Gasteiger partial charge in [0.05, 0.1) is 6.04 Å².